The van der Waals surface area contributed by atoms with Crippen LogP contribution in [0.3, 0.4) is 0 Å². The Labute approximate surface area is 198 Å². The average molecular weight is 460 g/mol. The van der Waals surface area contributed by atoms with Gasteiger partial charge >= 0.3 is 6.09 Å². The largest absolute Gasteiger partial charge is 0.444 e. The van der Waals surface area contributed by atoms with Crippen LogP contribution in [0.2, 0.25) is 0 Å². The Bertz CT molecular complexity index is 848. The fourth-order valence-corrected chi connectivity index (χ4v) is 4.05. The van der Waals surface area contributed by atoms with Crippen molar-refractivity contribution >= 4 is 17.9 Å². The van der Waals surface area contributed by atoms with Gasteiger partial charge in [0, 0.05) is 12.1 Å². The molecule has 184 valence electrons. The Morgan fingerprint density at radius 1 is 1.18 bits per heavy atom. The maximum atomic E-state index is 13.7. The zero-order valence-corrected chi connectivity index (χ0v) is 21.4. The molecule has 1 saturated carbocycles. The number of benzene rings is 1. The van der Waals surface area contributed by atoms with Gasteiger partial charge in [-0.25, -0.2) is 4.79 Å². The summed E-state index contributed by atoms with van der Waals surface area (Å²) in [4.78, 5) is 41.2. The van der Waals surface area contributed by atoms with Gasteiger partial charge in [0.1, 0.15) is 17.7 Å². The highest BCUT2D eigenvalue weighted by Gasteiger charge is 2.47. The van der Waals surface area contributed by atoms with Crippen LogP contribution in [0.5, 0.6) is 0 Å². The third-order valence-corrected chi connectivity index (χ3v) is 5.78. The number of hydrogen-bond donors (Lipinski definition) is 2. The lowest BCUT2D eigenvalue weighted by Crippen LogP contribution is -2.53. The zero-order chi connectivity index (χ0) is 24.9. The Balaban J connectivity index is 2.36. The van der Waals surface area contributed by atoms with E-state index in [1.165, 1.54) is 0 Å². The summed E-state index contributed by atoms with van der Waals surface area (Å²) in [5.41, 5.74) is 1.12. The standard InChI is InChI=1S/C26H41N3O4/c1-9-11-18(4)27-23(30)22(20-13-10-12-16(2)14-20)29(21-15-17(21)3)24(31)19(5)28-25(32)33-26(6,7)8/h10,12-14,17-19,21-22H,9,11,15H2,1-8H3,(H,27,30)(H,28,32). The number of nitrogens with zero attached hydrogens (tertiary/aromatic N) is 1. The van der Waals surface area contributed by atoms with E-state index >= 15 is 0 Å². The van der Waals surface area contributed by atoms with E-state index in [9.17, 15) is 14.4 Å². The minimum atomic E-state index is -0.833. The van der Waals surface area contributed by atoms with Gasteiger partial charge in [0.15, 0.2) is 0 Å². The molecule has 5 atom stereocenters. The molecule has 0 bridgehead atoms. The van der Waals surface area contributed by atoms with E-state index in [1.54, 1.807) is 32.6 Å². The monoisotopic (exact) mass is 459 g/mol. The second-order valence-electron chi connectivity index (χ2n) is 10.4. The summed E-state index contributed by atoms with van der Waals surface area (Å²) in [6.45, 7) is 15.0. The summed E-state index contributed by atoms with van der Waals surface area (Å²) in [5, 5.41) is 5.75. The average Bonchev–Trinajstić information content (AvgIpc) is 3.39. The zero-order valence-electron chi connectivity index (χ0n) is 21.4. The van der Waals surface area contributed by atoms with Crippen LogP contribution in [0, 0.1) is 12.8 Å². The van der Waals surface area contributed by atoms with Gasteiger partial charge in [0.2, 0.25) is 11.8 Å². The molecule has 1 aliphatic carbocycles. The molecule has 0 saturated heterocycles. The molecule has 0 aromatic heterocycles. The van der Waals surface area contributed by atoms with Crippen LogP contribution < -0.4 is 10.6 Å². The van der Waals surface area contributed by atoms with Gasteiger partial charge in [-0.3, -0.25) is 9.59 Å². The molecular weight excluding hydrogens is 418 g/mol. The number of carbonyl (C=O) groups is 3. The van der Waals surface area contributed by atoms with E-state index < -0.39 is 23.8 Å². The predicted octanol–water partition coefficient (Wildman–Crippen LogP) is 4.49. The van der Waals surface area contributed by atoms with Gasteiger partial charge in [-0.2, -0.15) is 0 Å². The van der Waals surface area contributed by atoms with Crippen molar-refractivity contribution in [3.8, 4) is 0 Å². The van der Waals surface area contributed by atoms with Crippen molar-refractivity contribution < 1.29 is 19.1 Å². The van der Waals surface area contributed by atoms with Crippen LogP contribution in [-0.4, -0.2) is 46.5 Å². The molecule has 1 aliphatic rings. The maximum absolute atomic E-state index is 13.7. The second-order valence-corrected chi connectivity index (χ2v) is 10.4. The molecule has 1 aromatic carbocycles. The molecule has 5 unspecified atom stereocenters. The summed E-state index contributed by atoms with van der Waals surface area (Å²) in [5.74, 6) is -0.200. The van der Waals surface area contributed by atoms with Crippen molar-refractivity contribution in [3.05, 3.63) is 35.4 Å². The number of rotatable bonds is 9. The van der Waals surface area contributed by atoms with Gasteiger partial charge in [-0.15, -0.1) is 0 Å². The lowest BCUT2D eigenvalue weighted by Gasteiger charge is -2.35. The summed E-state index contributed by atoms with van der Waals surface area (Å²) < 4.78 is 5.32. The number of nitrogens with one attached hydrogen (secondary N) is 2. The molecule has 0 spiro atoms. The molecule has 0 radical (unpaired) electrons. The van der Waals surface area contributed by atoms with Crippen molar-refractivity contribution in [1.82, 2.24) is 15.5 Å². The number of aryl methyl sites for hydroxylation is 1. The quantitative estimate of drug-likeness (QED) is 0.569. The summed E-state index contributed by atoms with van der Waals surface area (Å²) in [6, 6.07) is 6.06. The fraction of sp³-hybridized carbons (Fsp3) is 0.654. The van der Waals surface area contributed by atoms with E-state index in [0.717, 1.165) is 30.4 Å². The third kappa shape index (κ3) is 7.76. The van der Waals surface area contributed by atoms with Crippen LogP contribution in [0.1, 0.15) is 84.9 Å². The van der Waals surface area contributed by atoms with Crippen molar-refractivity contribution in [2.75, 3.05) is 0 Å². The number of ether oxygens (including phenoxy) is 1. The Hall–Kier alpha value is -2.57. The van der Waals surface area contributed by atoms with E-state index in [2.05, 4.69) is 24.5 Å². The molecule has 1 fully saturated rings. The Kier molecular flexibility index (Phi) is 8.92. The lowest BCUT2D eigenvalue weighted by molar-refractivity contribution is -0.143. The molecule has 3 amide bonds. The summed E-state index contributed by atoms with van der Waals surface area (Å²) in [7, 11) is 0. The second kappa shape index (κ2) is 11.0. The molecular formula is C26H41N3O4. The highest BCUT2D eigenvalue weighted by molar-refractivity contribution is 5.92. The molecule has 33 heavy (non-hydrogen) atoms. The van der Waals surface area contributed by atoms with Crippen molar-refractivity contribution in [2.24, 2.45) is 5.92 Å². The lowest BCUT2D eigenvalue weighted by atomic mass is 10.00. The first-order valence-corrected chi connectivity index (χ1v) is 12.0. The van der Waals surface area contributed by atoms with E-state index in [0.29, 0.717) is 0 Å². The smallest absolute Gasteiger partial charge is 0.408 e. The van der Waals surface area contributed by atoms with Gasteiger partial charge in [-0.1, -0.05) is 50.1 Å². The molecule has 0 heterocycles. The predicted molar refractivity (Wildman–Crippen MR) is 130 cm³/mol. The number of carbonyl (C=O) groups excluding carboxylic acids is 3. The molecule has 2 N–H and O–H groups in total. The van der Waals surface area contributed by atoms with E-state index in [1.807, 2.05) is 38.1 Å². The fourth-order valence-electron chi connectivity index (χ4n) is 4.05. The number of hydrogen-bond acceptors (Lipinski definition) is 4. The van der Waals surface area contributed by atoms with Crippen molar-refractivity contribution in [2.45, 2.75) is 104 Å². The number of alkyl carbamates (subject to hydrolysis) is 1. The summed E-state index contributed by atoms with van der Waals surface area (Å²) >= 11 is 0. The molecule has 0 aliphatic heterocycles. The van der Waals surface area contributed by atoms with Gasteiger partial charge in [-0.05, 0) is 65.9 Å². The van der Waals surface area contributed by atoms with Crippen LogP contribution >= 0.6 is 0 Å². The maximum Gasteiger partial charge on any atom is 0.408 e. The van der Waals surface area contributed by atoms with E-state index in [4.69, 9.17) is 4.74 Å². The van der Waals surface area contributed by atoms with Gasteiger partial charge in [0.05, 0.1) is 0 Å². The Morgan fingerprint density at radius 2 is 1.82 bits per heavy atom. The first-order valence-electron chi connectivity index (χ1n) is 12.0. The minimum absolute atomic E-state index is 0.000648. The van der Waals surface area contributed by atoms with Crippen LogP contribution in [0.25, 0.3) is 0 Å². The molecule has 2 rings (SSSR count). The number of amides is 3. The van der Waals surface area contributed by atoms with Crippen molar-refractivity contribution in [3.63, 3.8) is 0 Å². The first-order chi connectivity index (χ1) is 15.3. The van der Waals surface area contributed by atoms with E-state index in [-0.39, 0.29) is 29.8 Å². The van der Waals surface area contributed by atoms with Crippen LogP contribution in [0.4, 0.5) is 4.79 Å². The normalized spacial score (nSPS) is 20.2. The van der Waals surface area contributed by atoms with Gasteiger partial charge in [0.25, 0.3) is 0 Å². The third-order valence-electron chi connectivity index (χ3n) is 5.78. The highest BCUT2D eigenvalue weighted by Crippen LogP contribution is 2.40. The Morgan fingerprint density at radius 3 is 2.33 bits per heavy atom. The SMILES string of the molecule is CCCC(C)NC(=O)C(c1cccc(C)c1)N(C(=O)C(C)NC(=O)OC(C)(C)C)C1CC1C. The topological polar surface area (TPSA) is 87.7 Å². The highest BCUT2D eigenvalue weighted by atomic mass is 16.6. The first kappa shape index (κ1) is 26.7. The summed E-state index contributed by atoms with van der Waals surface area (Å²) in [6.07, 6.45) is 1.98. The van der Waals surface area contributed by atoms with Crippen LogP contribution in [0.15, 0.2) is 24.3 Å². The molecule has 1 aromatic rings. The molecule has 7 nitrogen and oxygen atoms in total. The van der Waals surface area contributed by atoms with Crippen molar-refractivity contribution in [1.29, 1.82) is 0 Å². The van der Waals surface area contributed by atoms with Crippen LogP contribution in [-0.2, 0) is 14.3 Å². The van der Waals surface area contributed by atoms with Gasteiger partial charge < -0.3 is 20.3 Å². The minimum Gasteiger partial charge on any atom is -0.444 e. The molecule has 7 heteroatoms.